The quantitative estimate of drug-likeness (QED) is 0.0463. The number of nitrogens with zero attached hydrogens (tertiary/aromatic N) is 2. The predicted octanol–water partition coefficient (Wildman–Crippen LogP) is 12.4. The molecule has 8 heteroatoms. The first-order valence-electron chi connectivity index (χ1n) is 25.0. The number of hydrogen-bond donors (Lipinski definition) is 2. The van der Waals surface area contributed by atoms with Crippen molar-refractivity contribution in [1.29, 1.82) is 0 Å². The van der Waals surface area contributed by atoms with Gasteiger partial charge in [0.25, 0.3) is 0 Å². The summed E-state index contributed by atoms with van der Waals surface area (Å²) in [4.78, 5) is 29.8. The van der Waals surface area contributed by atoms with Gasteiger partial charge in [-0.3, -0.25) is 14.5 Å². The molecule has 0 spiro atoms. The van der Waals surface area contributed by atoms with E-state index in [0.29, 0.717) is 32.5 Å². The molecule has 57 heavy (non-hydrogen) atoms. The summed E-state index contributed by atoms with van der Waals surface area (Å²) in [6.45, 7) is 12.7. The number of carbonyl (C=O) groups is 2. The highest BCUT2D eigenvalue weighted by Crippen LogP contribution is 2.19. The maximum atomic E-state index is 12.8. The third kappa shape index (κ3) is 41.3. The first kappa shape index (κ1) is 55.8. The molecule has 0 aromatic heterocycles. The minimum Gasteiger partial charge on any atom is -0.466 e. The molecule has 0 radical (unpaired) electrons. The molecule has 8 nitrogen and oxygen atoms in total. The number of ether oxygens (including phenoxy) is 2. The van der Waals surface area contributed by atoms with Crippen molar-refractivity contribution in [2.75, 3.05) is 59.1 Å². The van der Waals surface area contributed by atoms with E-state index in [4.69, 9.17) is 9.47 Å². The maximum Gasteiger partial charge on any atom is 0.306 e. The first-order chi connectivity index (χ1) is 28.0. The zero-order valence-corrected chi connectivity index (χ0v) is 38.4. The van der Waals surface area contributed by atoms with Gasteiger partial charge in [0.1, 0.15) is 6.10 Å². The Morgan fingerprint density at radius 1 is 0.404 bits per heavy atom. The van der Waals surface area contributed by atoms with E-state index in [1.54, 1.807) is 0 Å². The number of carbonyl (C=O) groups excluding carboxylic acids is 2. The van der Waals surface area contributed by atoms with Gasteiger partial charge in [0.2, 0.25) is 0 Å². The van der Waals surface area contributed by atoms with Crippen molar-refractivity contribution in [1.82, 2.24) is 9.80 Å². The fourth-order valence-corrected chi connectivity index (χ4v) is 7.87. The Morgan fingerprint density at radius 3 is 1.23 bits per heavy atom. The average molecular weight is 811 g/mol. The highest BCUT2D eigenvalue weighted by molar-refractivity contribution is 5.69. The Labute approximate surface area is 354 Å². The van der Waals surface area contributed by atoms with E-state index < -0.39 is 0 Å². The maximum absolute atomic E-state index is 12.8. The molecule has 0 saturated carbocycles. The Morgan fingerprint density at radius 2 is 0.754 bits per heavy atom. The van der Waals surface area contributed by atoms with Crippen molar-refractivity contribution in [2.45, 2.75) is 245 Å². The summed E-state index contributed by atoms with van der Waals surface area (Å²) in [5.41, 5.74) is 0. The molecule has 0 fully saturated rings. The Kier molecular flexibility index (Phi) is 44.9. The van der Waals surface area contributed by atoms with Gasteiger partial charge in [0.15, 0.2) is 0 Å². The highest BCUT2D eigenvalue weighted by Gasteiger charge is 2.15. The zero-order chi connectivity index (χ0) is 41.7. The van der Waals surface area contributed by atoms with E-state index in [1.807, 2.05) is 0 Å². The third-order valence-electron chi connectivity index (χ3n) is 11.6. The summed E-state index contributed by atoms with van der Waals surface area (Å²) in [6, 6.07) is 0. The van der Waals surface area contributed by atoms with Crippen molar-refractivity contribution < 1.29 is 29.3 Å². The van der Waals surface area contributed by atoms with Crippen molar-refractivity contribution in [2.24, 2.45) is 0 Å². The Bertz CT molecular complexity index is 808. The SMILES string of the molecule is CCCCCCCCCCCOC(=O)CCCCCN(CCCCCCCC(=O)OC(CCCCCCCC)CCCCCCCC)CCCN(CCO)CCO. The average Bonchev–Trinajstić information content (AvgIpc) is 3.20. The van der Waals surface area contributed by atoms with Gasteiger partial charge in [0, 0.05) is 25.9 Å². The monoisotopic (exact) mass is 811 g/mol. The second-order valence-electron chi connectivity index (χ2n) is 17.1. The molecule has 0 aromatic rings. The van der Waals surface area contributed by atoms with Crippen LogP contribution in [-0.2, 0) is 19.1 Å². The molecule has 0 rings (SSSR count). The number of rotatable bonds is 47. The summed E-state index contributed by atoms with van der Waals surface area (Å²) in [7, 11) is 0. The lowest BCUT2D eigenvalue weighted by atomic mass is 10.0. The Balaban J connectivity index is 4.45. The van der Waals surface area contributed by atoms with Crippen molar-refractivity contribution in [3.05, 3.63) is 0 Å². The molecule has 0 aromatic carbocycles. The molecule has 340 valence electrons. The lowest BCUT2D eigenvalue weighted by Gasteiger charge is -2.25. The van der Waals surface area contributed by atoms with Crippen LogP contribution in [-0.4, -0.2) is 97.1 Å². The summed E-state index contributed by atoms with van der Waals surface area (Å²) in [6.07, 6.45) is 39.3. The first-order valence-corrected chi connectivity index (χ1v) is 25.0. The summed E-state index contributed by atoms with van der Waals surface area (Å²) < 4.78 is 11.6. The molecule has 0 unspecified atom stereocenters. The van der Waals surface area contributed by atoms with Crippen LogP contribution in [0.2, 0.25) is 0 Å². The van der Waals surface area contributed by atoms with Crippen LogP contribution in [0, 0.1) is 0 Å². The fraction of sp³-hybridized carbons (Fsp3) is 0.959. The molecular weight excluding hydrogens is 713 g/mol. The van der Waals surface area contributed by atoms with Gasteiger partial charge in [-0.25, -0.2) is 0 Å². The number of aliphatic hydroxyl groups is 2. The van der Waals surface area contributed by atoms with Gasteiger partial charge in [-0.15, -0.1) is 0 Å². The number of unbranched alkanes of at least 4 members (excludes halogenated alkanes) is 24. The normalized spacial score (nSPS) is 11.7. The molecule has 0 aliphatic rings. The van der Waals surface area contributed by atoms with E-state index in [-0.39, 0.29) is 31.3 Å². The minimum absolute atomic E-state index is 0.00615. The standard InChI is InChI=1S/C49H98N2O6/c1-4-7-10-13-16-17-18-24-32-46-56-48(54)36-29-25-31-39-50(40-33-41-51(42-44-52)43-45-53)38-30-23-19-22-28-37-49(55)57-47(34-26-20-14-11-8-5-2)35-27-21-15-12-9-6-3/h47,52-53H,4-46H2,1-3H3. The van der Waals surface area contributed by atoms with Gasteiger partial charge in [-0.1, -0.05) is 162 Å². The van der Waals surface area contributed by atoms with Gasteiger partial charge in [0.05, 0.1) is 19.8 Å². The highest BCUT2D eigenvalue weighted by atomic mass is 16.5. The van der Waals surface area contributed by atoms with E-state index in [0.717, 1.165) is 110 Å². The molecule has 2 N–H and O–H groups in total. The minimum atomic E-state index is -0.0475. The number of hydrogen-bond acceptors (Lipinski definition) is 8. The molecule has 0 atom stereocenters. The van der Waals surface area contributed by atoms with Gasteiger partial charge < -0.3 is 24.6 Å². The van der Waals surface area contributed by atoms with Gasteiger partial charge in [-0.05, 0) is 90.4 Å². The van der Waals surface area contributed by atoms with E-state index in [9.17, 15) is 19.8 Å². The summed E-state index contributed by atoms with van der Waals surface area (Å²) in [5.74, 6) is -0.0414. The molecule has 0 bridgehead atoms. The van der Waals surface area contributed by atoms with E-state index >= 15 is 0 Å². The molecule has 0 amide bonds. The molecule has 0 heterocycles. The largest absolute Gasteiger partial charge is 0.466 e. The zero-order valence-electron chi connectivity index (χ0n) is 38.4. The van der Waals surface area contributed by atoms with Crippen molar-refractivity contribution in [3.63, 3.8) is 0 Å². The van der Waals surface area contributed by atoms with Crippen molar-refractivity contribution >= 4 is 11.9 Å². The molecular formula is C49H98N2O6. The fourth-order valence-electron chi connectivity index (χ4n) is 7.87. The Hall–Kier alpha value is -1.22. The lowest BCUT2D eigenvalue weighted by Crippen LogP contribution is -2.34. The number of esters is 2. The smallest absolute Gasteiger partial charge is 0.306 e. The van der Waals surface area contributed by atoms with Crippen molar-refractivity contribution in [3.8, 4) is 0 Å². The number of aliphatic hydroxyl groups excluding tert-OH is 2. The summed E-state index contributed by atoms with van der Waals surface area (Å²) in [5, 5.41) is 18.8. The molecule has 0 saturated heterocycles. The van der Waals surface area contributed by atoms with Crippen LogP contribution in [0.5, 0.6) is 0 Å². The lowest BCUT2D eigenvalue weighted by molar-refractivity contribution is -0.150. The van der Waals surface area contributed by atoms with Crippen LogP contribution < -0.4 is 0 Å². The molecule has 0 aliphatic heterocycles. The van der Waals surface area contributed by atoms with Crippen LogP contribution in [0.4, 0.5) is 0 Å². The summed E-state index contributed by atoms with van der Waals surface area (Å²) >= 11 is 0. The van der Waals surface area contributed by atoms with Gasteiger partial charge >= 0.3 is 11.9 Å². The van der Waals surface area contributed by atoms with Crippen LogP contribution >= 0.6 is 0 Å². The second kappa shape index (κ2) is 45.9. The van der Waals surface area contributed by atoms with E-state index in [1.165, 1.54) is 122 Å². The van der Waals surface area contributed by atoms with Gasteiger partial charge in [-0.2, -0.15) is 0 Å². The van der Waals surface area contributed by atoms with E-state index in [2.05, 4.69) is 30.6 Å². The van der Waals surface area contributed by atoms with Crippen LogP contribution in [0.25, 0.3) is 0 Å². The molecule has 0 aliphatic carbocycles. The third-order valence-corrected chi connectivity index (χ3v) is 11.6. The predicted molar refractivity (Wildman–Crippen MR) is 242 cm³/mol. The van der Waals surface area contributed by atoms with Crippen LogP contribution in [0.3, 0.4) is 0 Å². The van der Waals surface area contributed by atoms with Crippen LogP contribution in [0.15, 0.2) is 0 Å². The van der Waals surface area contributed by atoms with Crippen LogP contribution in [0.1, 0.15) is 239 Å². The second-order valence-corrected chi connectivity index (χ2v) is 17.1. The topological polar surface area (TPSA) is 99.5 Å².